The summed E-state index contributed by atoms with van der Waals surface area (Å²) < 4.78 is 10.8. The Morgan fingerprint density at radius 2 is 2.29 bits per heavy atom. The van der Waals surface area contributed by atoms with Crippen LogP contribution < -0.4 is 0 Å². The van der Waals surface area contributed by atoms with E-state index in [0.29, 0.717) is 19.4 Å². The molecule has 0 radical (unpaired) electrons. The van der Waals surface area contributed by atoms with Crippen LogP contribution in [0.3, 0.4) is 0 Å². The molecule has 2 aliphatic rings. The van der Waals surface area contributed by atoms with Gasteiger partial charge < -0.3 is 14.6 Å². The van der Waals surface area contributed by atoms with E-state index in [4.69, 9.17) is 14.6 Å². The molecular weight excluding hydrogens is 184 g/mol. The van der Waals surface area contributed by atoms with Gasteiger partial charge in [-0.3, -0.25) is 0 Å². The third-order valence-corrected chi connectivity index (χ3v) is 3.07. The molecule has 80 valence electrons. The van der Waals surface area contributed by atoms with Gasteiger partial charge in [-0.05, 0) is 25.7 Å². The molecular formula is C10H16O4. The summed E-state index contributed by atoms with van der Waals surface area (Å²) >= 11 is 0. The fourth-order valence-corrected chi connectivity index (χ4v) is 2.29. The first-order valence-corrected chi connectivity index (χ1v) is 5.22. The lowest BCUT2D eigenvalue weighted by molar-refractivity contribution is -0.163. The van der Waals surface area contributed by atoms with Crippen LogP contribution in [0.25, 0.3) is 0 Å². The van der Waals surface area contributed by atoms with Gasteiger partial charge in [0.15, 0.2) is 5.60 Å². The lowest BCUT2D eigenvalue weighted by atomic mass is 9.92. The van der Waals surface area contributed by atoms with Gasteiger partial charge in [0.25, 0.3) is 0 Å². The Labute approximate surface area is 83.2 Å². The van der Waals surface area contributed by atoms with Gasteiger partial charge in [0, 0.05) is 19.6 Å². The highest BCUT2D eigenvalue weighted by atomic mass is 16.5. The number of carbonyl (C=O) groups is 1. The fraction of sp³-hybridized carbons (Fsp3) is 0.900. The van der Waals surface area contributed by atoms with E-state index < -0.39 is 11.6 Å². The zero-order valence-electron chi connectivity index (χ0n) is 8.20. The van der Waals surface area contributed by atoms with Crippen molar-refractivity contribution in [2.45, 2.75) is 43.8 Å². The van der Waals surface area contributed by atoms with Crippen LogP contribution in [0.5, 0.6) is 0 Å². The van der Waals surface area contributed by atoms with Crippen molar-refractivity contribution in [3.63, 3.8) is 0 Å². The van der Waals surface area contributed by atoms with E-state index in [1.165, 1.54) is 0 Å². The lowest BCUT2D eigenvalue weighted by Gasteiger charge is -2.25. The Bertz CT molecular complexity index is 214. The smallest absolute Gasteiger partial charge is 0.336 e. The van der Waals surface area contributed by atoms with Crippen molar-refractivity contribution in [2.24, 2.45) is 0 Å². The molecule has 2 saturated heterocycles. The van der Waals surface area contributed by atoms with Crippen molar-refractivity contribution in [1.82, 2.24) is 0 Å². The van der Waals surface area contributed by atoms with Gasteiger partial charge in [-0.1, -0.05) is 0 Å². The van der Waals surface area contributed by atoms with E-state index in [0.717, 1.165) is 25.9 Å². The molecule has 2 fully saturated rings. The van der Waals surface area contributed by atoms with E-state index in [2.05, 4.69) is 0 Å². The summed E-state index contributed by atoms with van der Waals surface area (Å²) in [7, 11) is 0. The third-order valence-electron chi connectivity index (χ3n) is 3.07. The molecule has 2 heterocycles. The summed E-state index contributed by atoms with van der Waals surface area (Å²) in [4.78, 5) is 11.1. The molecule has 2 atom stereocenters. The second kappa shape index (κ2) is 3.87. The van der Waals surface area contributed by atoms with E-state index in [1.807, 2.05) is 0 Å². The van der Waals surface area contributed by atoms with Gasteiger partial charge in [0.2, 0.25) is 0 Å². The molecule has 0 spiro atoms. The summed E-state index contributed by atoms with van der Waals surface area (Å²) in [5.74, 6) is -0.828. The van der Waals surface area contributed by atoms with Crippen LogP contribution >= 0.6 is 0 Å². The number of hydrogen-bond acceptors (Lipinski definition) is 3. The van der Waals surface area contributed by atoms with Gasteiger partial charge >= 0.3 is 5.97 Å². The molecule has 0 aromatic carbocycles. The van der Waals surface area contributed by atoms with Crippen molar-refractivity contribution < 1.29 is 19.4 Å². The normalized spacial score (nSPS) is 37.6. The molecule has 0 aromatic heterocycles. The van der Waals surface area contributed by atoms with E-state index >= 15 is 0 Å². The summed E-state index contributed by atoms with van der Waals surface area (Å²) in [6, 6.07) is 0. The number of hydrogen-bond donors (Lipinski definition) is 1. The average molecular weight is 200 g/mol. The minimum Gasteiger partial charge on any atom is -0.479 e. The summed E-state index contributed by atoms with van der Waals surface area (Å²) in [6.07, 6.45) is 4.09. The maximum absolute atomic E-state index is 11.1. The molecule has 0 bridgehead atoms. The average Bonchev–Trinajstić information content (AvgIpc) is 2.76. The van der Waals surface area contributed by atoms with Gasteiger partial charge in [0.1, 0.15) is 0 Å². The van der Waals surface area contributed by atoms with Crippen molar-refractivity contribution in [1.29, 1.82) is 0 Å². The number of carboxylic acids is 1. The first-order valence-electron chi connectivity index (χ1n) is 5.22. The highest BCUT2D eigenvalue weighted by Crippen LogP contribution is 2.33. The van der Waals surface area contributed by atoms with Crippen molar-refractivity contribution in [3.05, 3.63) is 0 Å². The molecule has 2 unspecified atom stereocenters. The third kappa shape index (κ3) is 1.77. The van der Waals surface area contributed by atoms with Crippen LogP contribution in [-0.4, -0.2) is 36.0 Å². The largest absolute Gasteiger partial charge is 0.479 e. The van der Waals surface area contributed by atoms with Gasteiger partial charge in [-0.2, -0.15) is 0 Å². The number of aliphatic carboxylic acids is 1. The highest BCUT2D eigenvalue weighted by molar-refractivity contribution is 5.77. The quantitative estimate of drug-likeness (QED) is 0.743. The molecule has 4 heteroatoms. The fourth-order valence-electron chi connectivity index (χ4n) is 2.29. The molecule has 14 heavy (non-hydrogen) atoms. The second-order valence-corrected chi connectivity index (χ2v) is 4.09. The predicted molar refractivity (Wildman–Crippen MR) is 49.1 cm³/mol. The standard InChI is InChI=1S/C10H16O4/c11-9(12)10(4-2-6-14-10)7-8-3-1-5-13-8/h8H,1-7H2,(H,11,12). The van der Waals surface area contributed by atoms with Crippen molar-refractivity contribution in [2.75, 3.05) is 13.2 Å². The Hall–Kier alpha value is -0.610. The maximum Gasteiger partial charge on any atom is 0.336 e. The molecule has 0 amide bonds. The van der Waals surface area contributed by atoms with Crippen LogP contribution in [0.1, 0.15) is 32.1 Å². The topological polar surface area (TPSA) is 55.8 Å². The summed E-state index contributed by atoms with van der Waals surface area (Å²) in [5.41, 5.74) is -0.949. The first kappa shape index (κ1) is 9.93. The zero-order chi connectivity index (χ0) is 10.0. The van der Waals surface area contributed by atoms with Crippen LogP contribution in [0.2, 0.25) is 0 Å². The van der Waals surface area contributed by atoms with Crippen molar-refractivity contribution >= 4 is 5.97 Å². The predicted octanol–water partition coefficient (Wildman–Crippen LogP) is 1.19. The lowest BCUT2D eigenvalue weighted by Crippen LogP contribution is -2.41. The van der Waals surface area contributed by atoms with Gasteiger partial charge in [-0.25, -0.2) is 4.79 Å². The molecule has 4 nitrogen and oxygen atoms in total. The first-order chi connectivity index (χ1) is 6.73. The zero-order valence-corrected chi connectivity index (χ0v) is 8.20. The minimum atomic E-state index is -0.949. The Kier molecular flexibility index (Phi) is 2.74. The molecule has 1 N–H and O–H groups in total. The van der Waals surface area contributed by atoms with E-state index in [9.17, 15) is 4.79 Å². The maximum atomic E-state index is 11.1. The molecule has 2 rings (SSSR count). The Morgan fingerprint density at radius 3 is 2.79 bits per heavy atom. The molecule has 0 aliphatic carbocycles. The number of carboxylic acid groups (broad SMARTS) is 1. The highest BCUT2D eigenvalue weighted by Gasteiger charge is 2.45. The molecule has 0 aromatic rings. The van der Waals surface area contributed by atoms with E-state index in [-0.39, 0.29) is 6.10 Å². The summed E-state index contributed by atoms with van der Waals surface area (Å²) in [5, 5.41) is 9.14. The number of ether oxygens (including phenoxy) is 2. The second-order valence-electron chi connectivity index (χ2n) is 4.09. The van der Waals surface area contributed by atoms with Gasteiger partial charge in [0.05, 0.1) is 6.10 Å². The van der Waals surface area contributed by atoms with Crippen molar-refractivity contribution in [3.8, 4) is 0 Å². The summed E-state index contributed by atoms with van der Waals surface area (Å²) in [6.45, 7) is 1.33. The molecule has 2 aliphatic heterocycles. The van der Waals surface area contributed by atoms with Crippen LogP contribution in [0.4, 0.5) is 0 Å². The SMILES string of the molecule is O=C(O)C1(CC2CCCO2)CCCO1. The van der Waals surface area contributed by atoms with Crippen LogP contribution in [-0.2, 0) is 14.3 Å². The van der Waals surface area contributed by atoms with Gasteiger partial charge in [-0.15, -0.1) is 0 Å². The van der Waals surface area contributed by atoms with Crippen LogP contribution in [0.15, 0.2) is 0 Å². The van der Waals surface area contributed by atoms with E-state index in [1.54, 1.807) is 0 Å². The monoisotopic (exact) mass is 200 g/mol. The Morgan fingerprint density at radius 1 is 1.43 bits per heavy atom. The number of rotatable bonds is 3. The Balaban J connectivity index is 1.99. The minimum absolute atomic E-state index is 0.0872. The van der Waals surface area contributed by atoms with Crippen LogP contribution in [0, 0.1) is 0 Å². The molecule has 0 saturated carbocycles.